The van der Waals surface area contributed by atoms with Crippen LogP contribution < -0.4 is 0 Å². The zero-order valence-corrected chi connectivity index (χ0v) is 11.1. The van der Waals surface area contributed by atoms with Gasteiger partial charge in [-0.3, -0.25) is 9.59 Å². The molecule has 22 heavy (non-hydrogen) atoms. The summed E-state index contributed by atoms with van der Waals surface area (Å²) in [6, 6.07) is 7.19. The first-order valence-electron chi connectivity index (χ1n) is 6.39. The number of carbonyl (C=O) groups is 2. The Morgan fingerprint density at radius 3 is 2.18 bits per heavy atom. The number of carbonyl (C=O) groups excluding carboxylic acids is 2. The van der Waals surface area contributed by atoms with Crippen LogP contribution in [0.15, 0.2) is 42.5 Å². The normalized spacial score (nSPS) is 22.7. The molecule has 0 unspecified atom stereocenters. The molecule has 0 amide bonds. The molecule has 1 aliphatic rings. The summed E-state index contributed by atoms with van der Waals surface area (Å²) in [6.45, 7) is 0. The first kappa shape index (κ1) is 16.3. The molecule has 0 bridgehead atoms. The van der Waals surface area contributed by atoms with E-state index < -0.39 is 41.9 Å². The molecule has 0 saturated carbocycles. The monoisotopic (exact) mass is 318 g/mol. The van der Waals surface area contributed by atoms with Crippen molar-refractivity contribution in [1.29, 1.82) is 0 Å². The van der Waals surface area contributed by atoms with E-state index in [4.69, 9.17) is 0 Å². The van der Waals surface area contributed by atoms with Gasteiger partial charge in [-0.1, -0.05) is 36.4 Å². The smallest absolute Gasteiger partial charge is 0.295 e. The van der Waals surface area contributed by atoms with Gasteiger partial charge in [0.2, 0.25) is 0 Å². The quantitative estimate of drug-likeness (QED) is 0.627. The fourth-order valence-electron chi connectivity index (χ4n) is 2.39. The molecule has 1 aliphatic carbocycles. The molecule has 0 N–H and O–H groups in total. The number of alkyl halides is 5. The van der Waals surface area contributed by atoms with Crippen molar-refractivity contribution in [3.63, 3.8) is 0 Å². The van der Waals surface area contributed by atoms with E-state index in [0.29, 0.717) is 0 Å². The highest BCUT2D eigenvalue weighted by atomic mass is 19.4. The van der Waals surface area contributed by atoms with Gasteiger partial charge in [0.15, 0.2) is 11.6 Å². The second-order valence-corrected chi connectivity index (χ2v) is 5.01. The van der Waals surface area contributed by atoms with E-state index in [9.17, 15) is 31.5 Å². The van der Waals surface area contributed by atoms with Crippen molar-refractivity contribution in [1.82, 2.24) is 0 Å². The lowest BCUT2D eigenvalue weighted by molar-refractivity contribution is -0.305. The molecule has 2 nitrogen and oxygen atoms in total. The molecular weight excluding hydrogens is 307 g/mol. The second kappa shape index (κ2) is 5.62. The first-order chi connectivity index (χ1) is 10.1. The van der Waals surface area contributed by atoms with E-state index in [-0.39, 0.29) is 5.56 Å². The molecule has 1 aromatic rings. The minimum atomic E-state index is -5.82. The zero-order chi connectivity index (χ0) is 16.5. The number of benzene rings is 1. The molecule has 0 aromatic heterocycles. The number of Topliss-reactive ketones (excluding diaryl/α,β-unsaturated/α-hetero) is 1. The second-order valence-electron chi connectivity index (χ2n) is 5.01. The lowest BCUT2D eigenvalue weighted by Gasteiger charge is -2.33. The molecule has 2 rings (SSSR count). The molecule has 0 saturated heterocycles. The van der Waals surface area contributed by atoms with Crippen LogP contribution in [0, 0.1) is 11.8 Å². The Balaban J connectivity index is 2.41. The maximum absolute atomic E-state index is 13.7. The maximum atomic E-state index is 13.7. The van der Waals surface area contributed by atoms with Crippen molar-refractivity contribution in [2.24, 2.45) is 11.8 Å². The Labute approximate surface area is 122 Å². The number of hydrogen-bond acceptors (Lipinski definition) is 2. The molecular formula is C15H11F5O2. The van der Waals surface area contributed by atoms with E-state index in [1.807, 2.05) is 0 Å². The van der Waals surface area contributed by atoms with Crippen molar-refractivity contribution >= 4 is 11.6 Å². The van der Waals surface area contributed by atoms with Crippen LogP contribution in [0.1, 0.15) is 16.8 Å². The predicted octanol–water partition coefficient (Wildman–Crippen LogP) is 3.83. The minimum Gasteiger partial charge on any atom is -0.295 e. The third kappa shape index (κ3) is 2.93. The Kier molecular flexibility index (Phi) is 4.17. The highest BCUT2D eigenvalue weighted by Crippen LogP contribution is 2.47. The van der Waals surface area contributed by atoms with Crippen molar-refractivity contribution in [2.45, 2.75) is 18.5 Å². The van der Waals surface area contributed by atoms with Crippen molar-refractivity contribution in [3.05, 3.63) is 48.0 Å². The highest BCUT2D eigenvalue weighted by molar-refractivity contribution is 6.02. The minimum absolute atomic E-state index is 0.0227. The third-order valence-electron chi connectivity index (χ3n) is 3.55. The molecule has 0 heterocycles. The molecule has 118 valence electrons. The summed E-state index contributed by atoms with van der Waals surface area (Å²) in [5, 5.41) is 0. The third-order valence-corrected chi connectivity index (χ3v) is 3.55. The molecule has 7 heteroatoms. The molecule has 0 fully saturated rings. The molecule has 0 aliphatic heterocycles. The van der Waals surface area contributed by atoms with Gasteiger partial charge in [0.05, 0.1) is 11.8 Å². The largest absolute Gasteiger partial charge is 0.453 e. The van der Waals surface area contributed by atoms with E-state index in [1.54, 1.807) is 6.07 Å². The van der Waals surface area contributed by atoms with Gasteiger partial charge < -0.3 is 0 Å². The van der Waals surface area contributed by atoms with E-state index in [0.717, 1.165) is 12.2 Å². The number of rotatable bonds is 3. The van der Waals surface area contributed by atoms with Gasteiger partial charge in [-0.15, -0.1) is 0 Å². The van der Waals surface area contributed by atoms with Crippen LogP contribution in [0.3, 0.4) is 0 Å². The van der Waals surface area contributed by atoms with Crippen LogP contribution in [0.5, 0.6) is 0 Å². The van der Waals surface area contributed by atoms with Crippen LogP contribution in [-0.4, -0.2) is 23.7 Å². The lowest BCUT2D eigenvalue weighted by Crippen LogP contribution is -2.49. The summed E-state index contributed by atoms with van der Waals surface area (Å²) in [5.41, 5.74) is 0.0227. The number of halogens is 5. The average molecular weight is 318 g/mol. The van der Waals surface area contributed by atoms with Gasteiger partial charge in [-0.25, -0.2) is 0 Å². The van der Waals surface area contributed by atoms with Crippen molar-refractivity contribution < 1.29 is 31.5 Å². The Hall–Kier alpha value is -2.05. The summed E-state index contributed by atoms with van der Waals surface area (Å²) in [4.78, 5) is 23.5. The molecule has 1 aromatic carbocycles. The van der Waals surface area contributed by atoms with Crippen LogP contribution in [0.2, 0.25) is 0 Å². The average Bonchev–Trinajstić information content (AvgIpc) is 2.46. The predicted molar refractivity (Wildman–Crippen MR) is 67.5 cm³/mol. The van der Waals surface area contributed by atoms with Crippen LogP contribution in [0.4, 0.5) is 22.0 Å². The standard InChI is InChI=1S/C15H11F5O2/c16-14(17,15(18,19)20)12-8-10(21)6-7-11(12)13(22)9-4-2-1-3-5-9/h1-7,11-12H,8H2/t11-,12-/m0/s1. The van der Waals surface area contributed by atoms with Gasteiger partial charge in [0, 0.05) is 12.0 Å². The Bertz CT molecular complexity index is 604. The first-order valence-corrected chi connectivity index (χ1v) is 6.39. The van der Waals surface area contributed by atoms with Crippen molar-refractivity contribution in [3.8, 4) is 0 Å². The summed E-state index contributed by atoms with van der Waals surface area (Å²) < 4.78 is 65.1. The lowest BCUT2D eigenvalue weighted by atomic mass is 9.75. The summed E-state index contributed by atoms with van der Waals surface area (Å²) in [6.07, 6.45) is -5.12. The van der Waals surface area contributed by atoms with E-state index >= 15 is 0 Å². The summed E-state index contributed by atoms with van der Waals surface area (Å²) in [5.74, 6) is -11.0. The van der Waals surface area contributed by atoms with Gasteiger partial charge in [-0.2, -0.15) is 22.0 Å². The van der Waals surface area contributed by atoms with E-state index in [2.05, 4.69) is 0 Å². The van der Waals surface area contributed by atoms with Crippen LogP contribution >= 0.6 is 0 Å². The van der Waals surface area contributed by atoms with Crippen molar-refractivity contribution in [2.75, 3.05) is 0 Å². The van der Waals surface area contributed by atoms with Gasteiger partial charge in [-0.05, 0) is 6.08 Å². The SMILES string of the molecule is O=C1C=C[C@H](C(=O)c2ccccc2)[C@@H](C(F)(F)C(F)(F)F)C1. The molecule has 0 spiro atoms. The summed E-state index contributed by atoms with van der Waals surface area (Å²) >= 11 is 0. The number of hydrogen-bond donors (Lipinski definition) is 0. The Morgan fingerprint density at radius 1 is 1.05 bits per heavy atom. The molecule has 0 radical (unpaired) electrons. The van der Waals surface area contributed by atoms with Crippen LogP contribution in [0.25, 0.3) is 0 Å². The zero-order valence-electron chi connectivity index (χ0n) is 11.1. The maximum Gasteiger partial charge on any atom is 0.453 e. The van der Waals surface area contributed by atoms with Gasteiger partial charge in [0.1, 0.15) is 0 Å². The fraction of sp³-hybridized carbons (Fsp3) is 0.333. The topological polar surface area (TPSA) is 34.1 Å². The summed E-state index contributed by atoms with van der Waals surface area (Å²) in [7, 11) is 0. The van der Waals surface area contributed by atoms with E-state index in [1.165, 1.54) is 24.3 Å². The highest BCUT2D eigenvalue weighted by Gasteiger charge is 2.64. The number of allylic oxidation sites excluding steroid dienone is 2. The van der Waals surface area contributed by atoms with Crippen LogP contribution in [-0.2, 0) is 4.79 Å². The number of ketones is 2. The molecule has 2 atom stereocenters. The Morgan fingerprint density at radius 2 is 1.64 bits per heavy atom. The fourth-order valence-corrected chi connectivity index (χ4v) is 2.39. The van der Waals surface area contributed by atoms with Gasteiger partial charge in [0.25, 0.3) is 0 Å². The van der Waals surface area contributed by atoms with Gasteiger partial charge >= 0.3 is 12.1 Å².